The lowest BCUT2D eigenvalue weighted by atomic mass is 9.95. The molecule has 1 atom stereocenters. The highest BCUT2D eigenvalue weighted by Crippen LogP contribution is 2.38. The zero-order valence-electron chi connectivity index (χ0n) is 11.7. The van der Waals surface area contributed by atoms with Crippen molar-refractivity contribution in [3.63, 3.8) is 0 Å². The van der Waals surface area contributed by atoms with Gasteiger partial charge in [0, 0.05) is 9.75 Å². The highest BCUT2D eigenvalue weighted by atomic mass is 35.5. The molecule has 0 saturated carbocycles. The summed E-state index contributed by atoms with van der Waals surface area (Å²) in [6.07, 6.45) is 0. The molecule has 0 amide bonds. The van der Waals surface area contributed by atoms with Gasteiger partial charge in [-0.25, -0.2) is 0 Å². The van der Waals surface area contributed by atoms with E-state index in [1.165, 1.54) is 9.75 Å². The molecule has 0 saturated heterocycles. The predicted molar refractivity (Wildman–Crippen MR) is 83.7 cm³/mol. The largest absolute Gasteiger partial charge is 0.497 e. The number of rotatable bonds is 3. The molecular formula is C16H19ClOS. The van der Waals surface area contributed by atoms with Crippen molar-refractivity contribution in [2.75, 3.05) is 7.11 Å². The minimum Gasteiger partial charge on any atom is -0.497 e. The van der Waals surface area contributed by atoms with Crippen molar-refractivity contribution < 1.29 is 4.74 Å². The van der Waals surface area contributed by atoms with Crippen LogP contribution in [0, 0.1) is 0 Å². The van der Waals surface area contributed by atoms with Gasteiger partial charge in [0.25, 0.3) is 0 Å². The molecule has 1 aromatic heterocycles. The average Bonchev–Trinajstić information content (AvgIpc) is 2.87. The monoisotopic (exact) mass is 294 g/mol. The van der Waals surface area contributed by atoms with Crippen molar-refractivity contribution in [3.8, 4) is 5.75 Å². The van der Waals surface area contributed by atoms with Crippen molar-refractivity contribution in [3.05, 3.63) is 51.7 Å². The Morgan fingerprint density at radius 2 is 1.89 bits per heavy atom. The van der Waals surface area contributed by atoms with Crippen LogP contribution in [0.3, 0.4) is 0 Å². The fourth-order valence-corrected chi connectivity index (χ4v) is 3.27. The number of halogens is 1. The summed E-state index contributed by atoms with van der Waals surface area (Å²) >= 11 is 8.36. The van der Waals surface area contributed by atoms with Crippen molar-refractivity contribution in [2.45, 2.75) is 31.6 Å². The number of methoxy groups -OCH3 is 1. The smallest absolute Gasteiger partial charge is 0.119 e. The molecule has 1 heterocycles. The quantitative estimate of drug-likeness (QED) is 0.690. The van der Waals surface area contributed by atoms with E-state index in [0.717, 1.165) is 11.3 Å². The van der Waals surface area contributed by atoms with E-state index < -0.39 is 0 Å². The number of ether oxygens (including phenoxy) is 1. The Bertz CT molecular complexity index is 554. The first-order valence-electron chi connectivity index (χ1n) is 6.30. The van der Waals surface area contributed by atoms with E-state index in [-0.39, 0.29) is 10.8 Å². The Hall–Kier alpha value is -0.990. The molecule has 1 aromatic carbocycles. The molecule has 0 N–H and O–H groups in total. The highest BCUT2D eigenvalue weighted by molar-refractivity contribution is 7.12. The standard InChI is InChI=1S/C16H19ClOS/c1-16(2,3)14-9-8-13(19-14)15(17)11-6-5-7-12(10-11)18-4/h5-10,15H,1-4H3. The normalized spacial score (nSPS) is 13.3. The zero-order valence-corrected chi connectivity index (χ0v) is 13.3. The molecule has 0 spiro atoms. The van der Waals surface area contributed by atoms with Gasteiger partial charge in [-0.05, 0) is 35.2 Å². The lowest BCUT2D eigenvalue weighted by Crippen LogP contribution is -2.07. The second kappa shape index (κ2) is 5.56. The van der Waals surface area contributed by atoms with Crippen LogP contribution in [-0.4, -0.2) is 7.11 Å². The van der Waals surface area contributed by atoms with E-state index in [9.17, 15) is 0 Å². The maximum atomic E-state index is 6.58. The maximum Gasteiger partial charge on any atom is 0.119 e. The van der Waals surface area contributed by atoms with Crippen LogP contribution in [0.25, 0.3) is 0 Å². The van der Waals surface area contributed by atoms with Crippen molar-refractivity contribution in [1.82, 2.24) is 0 Å². The van der Waals surface area contributed by atoms with E-state index in [0.29, 0.717) is 0 Å². The Labute approximate surface area is 124 Å². The first kappa shape index (κ1) is 14.4. The van der Waals surface area contributed by atoms with Crippen molar-refractivity contribution >= 4 is 22.9 Å². The van der Waals surface area contributed by atoms with E-state index in [2.05, 4.69) is 32.9 Å². The number of hydrogen-bond donors (Lipinski definition) is 0. The van der Waals surface area contributed by atoms with Gasteiger partial charge < -0.3 is 4.74 Å². The van der Waals surface area contributed by atoms with Gasteiger partial charge in [-0.15, -0.1) is 22.9 Å². The van der Waals surface area contributed by atoms with Gasteiger partial charge in [-0.3, -0.25) is 0 Å². The molecule has 0 aliphatic rings. The molecular weight excluding hydrogens is 276 g/mol. The van der Waals surface area contributed by atoms with E-state index in [4.69, 9.17) is 16.3 Å². The summed E-state index contributed by atoms with van der Waals surface area (Å²) in [5, 5.41) is -0.115. The second-order valence-electron chi connectivity index (χ2n) is 5.59. The molecule has 102 valence electrons. The molecule has 2 aromatic rings. The zero-order chi connectivity index (χ0) is 14.0. The summed E-state index contributed by atoms with van der Waals surface area (Å²) in [6.45, 7) is 6.66. The first-order chi connectivity index (χ1) is 8.91. The molecule has 1 nitrogen and oxygen atoms in total. The highest BCUT2D eigenvalue weighted by Gasteiger charge is 2.19. The fourth-order valence-electron chi connectivity index (χ4n) is 1.86. The summed E-state index contributed by atoms with van der Waals surface area (Å²) < 4.78 is 5.25. The number of benzene rings is 1. The lowest BCUT2D eigenvalue weighted by Gasteiger charge is -2.15. The summed E-state index contributed by atoms with van der Waals surface area (Å²) in [7, 11) is 1.67. The lowest BCUT2D eigenvalue weighted by molar-refractivity contribution is 0.414. The van der Waals surface area contributed by atoms with Crippen LogP contribution in [0.2, 0.25) is 0 Å². The molecule has 0 bridgehead atoms. The van der Waals surface area contributed by atoms with Gasteiger partial charge in [-0.2, -0.15) is 0 Å². The Morgan fingerprint density at radius 1 is 1.16 bits per heavy atom. The fraction of sp³-hybridized carbons (Fsp3) is 0.375. The number of hydrogen-bond acceptors (Lipinski definition) is 2. The third-order valence-corrected chi connectivity index (χ3v) is 5.19. The molecule has 3 heteroatoms. The Kier molecular flexibility index (Phi) is 4.22. The van der Waals surface area contributed by atoms with Gasteiger partial charge in [0.1, 0.15) is 5.75 Å². The van der Waals surface area contributed by atoms with Crippen LogP contribution >= 0.6 is 22.9 Å². The maximum absolute atomic E-state index is 6.58. The molecule has 0 aliphatic carbocycles. The second-order valence-corrected chi connectivity index (χ2v) is 7.14. The molecule has 19 heavy (non-hydrogen) atoms. The molecule has 0 fully saturated rings. The Balaban J connectivity index is 2.28. The van der Waals surface area contributed by atoms with Crippen LogP contribution in [0.1, 0.15) is 41.5 Å². The number of alkyl halides is 1. The topological polar surface area (TPSA) is 9.23 Å². The van der Waals surface area contributed by atoms with Crippen LogP contribution < -0.4 is 4.74 Å². The molecule has 1 unspecified atom stereocenters. The summed E-state index contributed by atoms with van der Waals surface area (Å²) in [5.41, 5.74) is 1.25. The SMILES string of the molecule is COc1cccc(C(Cl)c2ccc(C(C)(C)C)s2)c1. The number of thiophene rings is 1. The third kappa shape index (κ3) is 3.31. The molecule has 0 radical (unpaired) electrons. The minimum atomic E-state index is -0.115. The van der Waals surface area contributed by atoms with Gasteiger partial charge in [0.05, 0.1) is 12.5 Å². The molecule has 0 aliphatic heterocycles. The van der Waals surface area contributed by atoms with Gasteiger partial charge >= 0.3 is 0 Å². The summed E-state index contributed by atoms with van der Waals surface area (Å²) in [4.78, 5) is 2.54. The van der Waals surface area contributed by atoms with E-state index in [1.807, 2.05) is 24.3 Å². The third-order valence-electron chi connectivity index (χ3n) is 3.00. The van der Waals surface area contributed by atoms with Gasteiger partial charge in [0.2, 0.25) is 0 Å². The average molecular weight is 295 g/mol. The van der Waals surface area contributed by atoms with Crippen LogP contribution in [-0.2, 0) is 5.41 Å². The van der Waals surface area contributed by atoms with Crippen LogP contribution in [0.15, 0.2) is 36.4 Å². The van der Waals surface area contributed by atoms with E-state index in [1.54, 1.807) is 18.4 Å². The van der Waals surface area contributed by atoms with Crippen molar-refractivity contribution in [2.24, 2.45) is 0 Å². The van der Waals surface area contributed by atoms with Crippen LogP contribution in [0.5, 0.6) is 5.75 Å². The van der Waals surface area contributed by atoms with Crippen LogP contribution in [0.4, 0.5) is 0 Å². The van der Waals surface area contributed by atoms with Gasteiger partial charge in [-0.1, -0.05) is 32.9 Å². The molecule has 2 rings (SSSR count). The van der Waals surface area contributed by atoms with E-state index >= 15 is 0 Å². The van der Waals surface area contributed by atoms with Crippen molar-refractivity contribution in [1.29, 1.82) is 0 Å². The summed E-state index contributed by atoms with van der Waals surface area (Å²) in [6, 6.07) is 12.2. The minimum absolute atomic E-state index is 0.115. The summed E-state index contributed by atoms with van der Waals surface area (Å²) in [5.74, 6) is 0.843. The first-order valence-corrected chi connectivity index (χ1v) is 7.55. The Morgan fingerprint density at radius 3 is 2.47 bits per heavy atom. The van der Waals surface area contributed by atoms with Gasteiger partial charge in [0.15, 0.2) is 0 Å². The predicted octanol–water partition coefficient (Wildman–Crippen LogP) is 5.38.